The van der Waals surface area contributed by atoms with Gasteiger partial charge in [0.15, 0.2) is 0 Å². The number of hydrogen-bond donors (Lipinski definition) is 1. The number of thioether (sulfide) groups is 1. The number of likely N-dealkylation sites (N-methyl/N-ethyl adjacent to an activating group) is 1. The molecule has 1 N–H and O–H groups in total. The lowest BCUT2D eigenvalue weighted by molar-refractivity contribution is -0.134. The zero-order valence-corrected chi connectivity index (χ0v) is 15.3. The van der Waals surface area contributed by atoms with Crippen LogP contribution in [0.5, 0.6) is 0 Å². The largest absolute Gasteiger partial charge is 0.345 e. The summed E-state index contributed by atoms with van der Waals surface area (Å²) in [6, 6.07) is 9.51. The lowest BCUT2D eigenvalue weighted by Crippen LogP contribution is -2.47. The number of hydrogen-bond acceptors (Lipinski definition) is 4. The first kappa shape index (κ1) is 18.8. The van der Waals surface area contributed by atoms with E-state index in [0.29, 0.717) is 13.1 Å². The first-order valence-electron chi connectivity index (χ1n) is 8.59. The zero-order chi connectivity index (χ0) is 17.4. The second-order valence-electron chi connectivity index (χ2n) is 5.75. The summed E-state index contributed by atoms with van der Waals surface area (Å²) in [7, 11) is 0. The molecule has 0 bridgehead atoms. The molecule has 5 nitrogen and oxygen atoms in total. The Morgan fingerprint density at radius 3 is 2.38 bits per heavy atom. The maximum absolute atomic E-state index is 12.8. The van der Waals surface area contributed by atoms with Crippen LogP contribution in [0, 0.1) is 0 Å². The lowest BCUT2D eigenvalue weighted by atomic mass is 10.0. The molecular weight excluding hydrogens is 322 g/mol. The fourth-order valence-corrected chi connectivity index (χ4v) is 3.88. The zero-order valence-electron chi connectivity index (χ0n) is 14.5. The Balaban J connectivity index is 2.06. The Morgan fingerprint density at radius 2 is 1.79 bits per heavy atom. The van der Waals surface area contributed by atoms with Crippen LogP contribution in [0.2, 0.25) is 0 Å². The van der Waals surface area contributed by atoms with E-state index < -0.39 is 0 Å². The molecule has 0 saturated carbocycles. The minimum atomic E-state index is -0.323. The van der Waals surface area contributed by atoms with Crippen LogP contribution in [0.15, 0.2) is 30.3 Å². The number of carbonyl (C=O) groups excluding carboxylic acids is 2. The molecule has 1 aromatic carbocycles. The van der Waals surface area contributed by atoms with Gasteiger partial charge in [0.2, 0.25) is 11.8 Å². The van der Waals surface area contributed by atoms with Crippen molar-refractivity contribution in [2.45, 2.75) is 19.9 Å². The molecule has 0 spiro atoms. The van der Waals surface area contributed by atoms with Crippen LogP contribution in [0.3, 0.4) is 0 Å². The molecule has 1 heterocycles. The van der Waals surface area contributed by atoms with Crippen molar-refractivity contribution in [1.29, 1.82) is 0 Å². The summed E-state index contributed by atoms with van der Waals surface area (Å²) in [5, 5.41) is 2.85. The second-order valence-corrected chi connectivity index (χ2v) is 6.97. The maximum Gasteiger partial charge on any atom is 0.242 e. The van der Waals surface area contributed by atoms with E-state index >= 15 is 0 Å². The Labute approximate surface area is 148 Å². The van der Waals surface area contributed by atoms with Gasteiger partial charge in [0, 0.05) is 37.7 Å². The van der Waals surface area contributed by atoms with E-state index in [2.05, 4.69) is 10.2 Å². The van der Waals surface area contributed by atoms with Gasteiger partial charge in [-0.1, -0.05) is 30.3 Å². The van der Waals surface area contributed by atoms with E-state index in [9.17, 15) is 9.59 Å². The molecule has 1 fully saturated rings. The van der Waals surface area contributed by atoms with E-state index in [4.69, 9.17) is 0 Å². The molecule has 24 heavy (non-hydrogen) atoms. The fourth-order valence-electron chi connectivity index (χ4n) is 2.95. The van der Waals surface area contributed by atoms with E-state index in [-0.39, 0.29) is 24.4 Å². The van der Waals surface area contributed by atoms with Gasteiger partial charge in [0.1, 0.15) is 6.04 Å². The van der Waals surface area contributed by atoms with Crippen LogP contribution in [0.4, 0.5) is 0 Å². The van der Waals surface area contributed by atoms with Crippen molar-refractivity contribution in [2.24, 2.45) is 0 Å². The molecule has 1 aliphatic rings. The average Bonchev–Trinajstić information content (AvgIpc) is 2.63. The van der Waals surface area contributed by atoms with Gasteiger partial charge < -0.3 is 10.2 Å². The normalized spacial score (nSPS) is 16.4. The van der Waals surface area contributed by atoms with Crippen molar-refractivity contribution >= 4 is 23.6 Å². The van der Waals surface area contributed by atoms with Crippen LogP contribution < -0.4 is 5.32 Å². The average molecular weight is 350 g/mol. The van der Waals surface area contributed by atoms with Crippen LogP contribution in [-0.4, -0.2) is 65.8 Å². The van der Waals surface area contributed by atoms with Crippen molar-refractivity contribution in [3.8, 4) is 0 Å². The molecule has 0 aliphatic carbocycles. The molecule has 1 aromatic rings. The first-order chi connectivity index (χ1) is 11.7. The highest BCUT2D eigenvalue weighted by Crippen LogP contribution is 2.24. The van der Waals surface area contributed by atoms with Gasteiger partial charge in [-0.3, -0.25) is 14.5 Å². The van der Waals surface area contributed by atoms with Gasteiger partial charge in [0.05, 0.1) is 6.54 Å². The van der Waals surface area contributed by atoms with Gasteiger partial charge in [-0.25, -0.2) is 0 Å². The molecule has 1 saturated heterocycles. The van der Waals surface area contributed by atoms with Crippen LogP contribution in [0.1, 0.15) is 25.5 Å². The Kier molecular flexibility index (Phi) is 7.59. The second kappa shape index (κ2) is 9.69. The molecule has 6 heteroatoms. The van der Waals surface area contributed by atoms with Crippen LogP contribution in [-0.2, 0) is 9.59 Å². The van der Waals surface area contributed by atoms with Crippen LogP contribution in [0.25, 0.3) is 0 Å². The number of nitrogens with zero attached hydrogens (tertiary/aromatic N) is 2. The highest BCUT2D eigenvalue weighted by Gasteiger charge is 2.29. The van der Waals surface area contributed by atoms with Gasteiger partial charge in [0.25, 0.3) is 0 Å². The minimum absolute atomic E-state index is 0.0330. The van der Waals surface area contributed by atoms with Gasteiger partial charge in [-0.15, -0.1) is 0 Å². The number of rotatable bonds is 7. The number of amides is 2. The van der Waals surface area contributed by atoms with E-state index in [1.165, 1.54) is 0 Å². The Hall–Kier alpha value is -1.53. The first-order valence-corrected chi connectivity index (χ1v) is 9.75. The third-order valence-electron chi connectivity index (χ3n) is 4.30. The topological polar surface area (TPSA) is 52.7 Å². The molecule has 1 atom stereocenters. The summed E-state index contributed by atoms with van der Waals surface area (Å²) in [5.74, 6) is 1.95. The predicted octanol–water partition coefficient (Wildman–Crippen LogP) is 1.76. The van der Waals surface area contributed by atoms with Crippen molar-refractivity contribution in [3.63, 3.8) is 0 Å². The number of benzene rings is 1. The summed E-state index contributed by atoms with van der Waals surface area (Å²) in [6.45, 7) is 7.06. The van der Waals surface area contributed by atoms with E-state index in [0.717, 1.165) is 30.2 Å². The highest BCUT2D eigenvalue weighted by molar-refractivity contribution is 7.99. The molecule has 0 radical (unpaired) electrons. The molecule has 1 aliphatic heterocycles. The molecule has 2 amide bonds. The van der Waals surface area contributed by atoms with Gasteiger partial charge >= 0.3 is 0 Å². The van der Waals surface area contributed by atoms with Gasteiger partial charge in [-0.2, -0.15) is 11.8 Å². The minimum Gasteiger partial charge on any atom is -0.345 e. The molecule has 2 rings (SSSR count). The van der Waals surface area contributed by atoms with E-state index in [1.807, 2.05) is 55.9 Å². The molecule has 1 unspecified atom stereocenters. The van der Waals surface area contributed by atoms with Crippen molar-refractivity contribution < 1.29 is 9.59 Å². The molecule has 0 aromatic heterocycles. The Bertz CT molecular complexity index is 528. The number of carbonyl (C=O) groups is 2. The van der Waals surface area contributed by atoms with Crippen molar-refractivity contribution in [3.05, 3.63) is 35.9 Å². The van der Waals surface area contributed by atoms with Gasteiger partial charge in [-0.05, 0) is 19.4 Å². The summed E-state index contributed by atoms with van der Waals surface area (Å²) >= 11 is 1.92. The number of nitrogens with one attached hydrogen (secondary N) is 1. The summed E-state index contributed by atoms with van der Waals surface area (Å²) in [5.41, 5.74) is 0.984. The van der Waals surface area contributed by atoms with Crippen LogP contribution >= 0.6 is 11.8 Å². The summed E-state index contributed by atoms with van der Waals surface area (Å²) in [4.78, 5) is 28.9. The highest BCUT2D eigenvalue weighted by atomic mass is 32.2. The third-order valence-corrected chi connectivity index (χ3v) is 5.25. The fraction of sp³-hybridized carbons (Fsp3) is 0.556. The molecule has 132 valence electrons. The summed E-state index contributed by atoms with van der Waals surface area (Å²) in [6.07, 6.45) is 0. The standard InChI is InChI=1S/C18H27N3O2S/c1-3-20(4-2)16(22)14-19-18(23)17(15-8-6-5-7-9-15)21-10-12-24-13-11-21/h5-9,17H,3-4,10-14H2,1-2H3,(H,19,23). The quantitative estimate of drug-likeness (QED) is 0.815. The SMILES string of the molecule is CCN(CC)C(=O)CNC(=O)C(c1ccccc1)N1CCSCC1. The van der Waals surface area contributed by atoms with Crippen molar-refractivity contribution in [1.82, 2.24) is 15.1 Å². The summed E-state index contributed by atoms with van der Waals surface area (Å²) < 4.78 is 0. The monoisotopic (exact) mass is 349 g/mol. The molecular formula is C18H27N3O2S. The lowest BCUT2D eigenvalue weighted by Gasteiger charge is -2.33. The predicted molar refractivity (Wildman–Crippen MR) is 99.0 cm³/mol. The van der Waals surface area contributed by atoms with E-state index in [1.54, 1.807) is 4.90 Å². The smallest absolute Gasteiger partial charge is 0.242 e. The maximum atomic E-state index is 12.8. The Morgan fingerprint density at radius 1 is 1.17 bits per heavy atom. The third kappa shape index (κ3) is 4.98. The van der Waals surface area contributed by atoms with Crippen molar-refractivity contribution in [2.75, 3.05) is 44.2 Å².